The molecule has 0 saturated heterocycles. The van der Waals surface area contributed by atoms with Gasteiger partial charge in [-0.15, -0.1) is 0 Å². The summed E-state index contributed by atoms with van der Waals surface area (Å²) in [4.78, 5) is 0. The van der Waals surface area contributed by atoms with Crippen LogP contribution in [-0.4, -0.2) is 0 Å². The summed E-state index contributed by atoms with van der Waals surface area (Å²) in [5.41, 5.74) is 10.9. The fraction of sp³-hybridized carbons (Fsp3) is 0.294. The highest BCUT2D eigenvalue weighted by Gasteiger charge is 2.04. The highest BCUT2D eigenvalue weighted by Crippen LogP contribution is 2.20. The number of nitrogens with two attached hydrogens (primary N) is 1. The summed E-state index contributed by atoms with van der Waals surface area (Å²) in [6, 6.07) is 17.0. The monoisotopic (exact) mass is 239 g/mol. The van der Waals surface area contributed by atoms with Gasteiger partial charge in [0.2, 0.25) is 0 Å². The highest BCUT2D eigenvalue weighted by molar-refractivity contribution is 5.51. The lowest BCUT2D eigenvalue weighted by molar-refractivity contribution is 0.647. The summed E-state index contributed by atoms with van der Waals surface area (Å²) in [6.07, 6.45) is 2.00. The fourth-order valence-electron chi connectivity index (χ4n) is 2.22. The molecular weight excluding hydrogens is 218 g/mol. The molecule has 0 amide bonds. The molecule has 0 unspecified atom stereocenters. The van der Waals surface area contributed by atoms with Crippen LogP contribution in [0.5, 0.6) is 0 Å². The molecule has 0 aromatic heterocycles. The third-order valence-corrected chi connectivity index (χ3v) is 3.09. The molecule has 0 heterocycles. The minimum Gasteiger partial charge on any atom is -0.398 e. The maximum absolute atomic E-state index is 6.14. The molecule has 0 bridgehead atoms. The first-order valence-corrected chi connectivity index (χ1v) is 6.56. The second kappa shape index (κ2) is 5.72. The van der Waals surface area contributed by atoms with Crippen LogP contribution in [0.3, 0.4) is 0 Å². The number of rotatable bonds is 4. The Hall–Kier alpha value is -1.76. The average Bonchev–Trinajstić information content (AvgIpc) is 2.33. The molecule has 1 nitrogen and oxygen atoms in total. The van der Waals surface area contributed by atoms with Crippen LogP contribution in [0, 0.1) is 5.92 Å². The number of nitrogen functional groups attached to an aromatic ring is 1. The topological polar surface area (TPSA) is 26.0 Å². The first-order valence-electron chi connectivity index (χ1n) is 6.56. The molecule has 2 rings (SSSR count). The van der Waals surface area contributed by atoms with Crippen molar-refractivity contribution >= 4 is 5.69 Å². The van der Waals surface area contributed by atoms with E-state index in [9.17, 15) is 0 Å². The van der Waals surface area contributed by atoms with Gasteiger partial charge in [0, 0.05) is 5.69 Å². The van der Waals surface area contributed by atoms with Gasteiger partial charge in [0.1, 0.15) is 0 Å². The Balaban J connectivity index is 2.15. The van der Waals surface area contributed by atoms with E-state index < -0.39 is 0 Å². The number of hydrogen-bond donors (Lipinski definition) is 1. The molecule has 0 atom stereocenters. The van der Waals surface area contributed by atoms with E-state index in [-0.39, 0.29) is 0 Å². The van der Waals surface area contributed by atoms with Gasteiger partial charge in [-0.2, -0.15) is 0 Å². The molecule has 0 aliphatic rings. The second-order valence-corrected chi connectivity index (χ2v) is 5.29. The third kappa shape index (κ3) is 3.36. The van der Waals surface area contributed by atoms with E-state index in [1.165, 1.54) is 16.7 Å². The van der Waals surface area contributed by atoms with Crippen molar-refractivity contribution in [3.63, 3.8) is 0 Å². The van der Waals surface area contributed by atoms with Gasteiger partial charge < -0.3 is 5.73 Å². The van der Waals surface area contributed by atoms with E-state index in [1.807, 2.05) is 6.07 Å². The normalized spacial score (nSPS) is 10.8. The van der Waals surface area contributed by atoms with Gasteiger partial charge >= 0.3 is 0 Å². The van der Waals surface area contributed by atoms with Gasteiger partial charge in [-0.05, 0) is 41.5 Å². The van der Waals surface area contributed by atoms with E-state index >= 15 is 0 Å². The second-order valence-electron chi connectivity index (χ2n) is 5.29. The molecule has 0 spiro atoms. The zero-order chi connectivity index (χ0) is 13.0. The van der Waals surface area contributed by atoms with Crippen molar-refractivity contribution in [2.75, 3.05) is 5.73 Å². The highest BCUT2D eigenvalue weighted by atomic mass is 14.6. The smallest absolute Gasteiger partial charge is 0.0352 e. The van der Waals surface area contributed by atoms with Crippen molar-refractivity contribution in [1.82, 2.24) is 0 Å². The summed E-state index contributed by atoms with van der Waals surface area (Å²) in [5, 5.41) is 0. The predicted octanol–water partition coefficient (Wildman–Crippen LogP) is 4.06. The lowest BCUT2D eigenvalue weighted by atomic mass is 9.98. The molecule has 1 heteroatoms. The summed E-state index contributed by atoms with van der Waals surface area (Å²) in [7, 11) is 0. The van der Waals surface area contributed by atoms with Crippen LogP contribution in [0.4, 0.5) is 5.69 Å². The predicted molar refractivity (Wildman–Crippen MR) is 78.6 cm³/mol. The zero-order valence-electron chi connectivity index (χ0n) is 11.2. The summed E-state index contributed by atoms with van der Waals surface area (Å²) < 4.78 is 0. The fourth-order valence-corrected chi connectivity index (χ4v) is 2.22. The maximum atomic E-state index is 6.14. The minimum absolute atomic E-state index is 0.671. The Kier molecular flexibility index (Phi) is 4.03. The molecule has 2 N–H and O–H groups in total. The van der Waals surface area contributed by atoms with Crippen LogP contribution in [0.2, 0.25) is 0 Å². The molecular formula is C17H21N. The van der Waals surface area contributed by atoms with Crippen molar-refractivity contribution in [1.29, 1.82) is 0 Å². The van der Waals surface area contributed by atoms with E-state index in [1.54, 1.807) is 0 Å². The van der Waals surface area contributed by atoms with Gasteiger partial charge in [0.05, 0.1) is 0 Å². The molecule has 0 aliphatic carbocycles. The third-order valence-electron chi connectivity index (χ3n) is 3.09. The molecule has 94 valence electrons. The van der Waals surface area contributed by atoms with Crippen molar-refractivity contribution in [2.24, 2.45) is 5.92 Å². The largest absolute Gasteiger partial charge is 0.398 e. The standard InChI is InChI=1S/C17H21N/c1-13(2)10-15-8-9-16(17(18)12-15)11-14-6-4-3-5-7-14/h3-9,12-13H,10-11,18H2,1-2H3. The van der Waals surface area contributed by atoms with Crippen LogP contribution in [0.25, 0.3) is 0 Å². The Morgan fingerprint density at radius 3 is 2.28 bits per heavy atom. The summed E-state index contributed by atoms with van der Waals surface area (Å²) >= 11 is 0. The molecule has 18 heavy (non-hydrogen) atoms. The van der Waals surface area contributed by atoms with Gasteiger partial charge in [-0.3, -0.25) is 0 Å². The molecule has 0 radical (unpaired) electrons. The van der Waals surface area contributed by atoms with Crippen LogP contribution < -0.4 is 5.73 Å². The Morgan fingerprint density at radius 2 is 1.67 bits per heavy atom. The number of anilines is 1. The maximum Gasteiger partial charge on any atom is 0.0352 e. The van der Waals surface area contributed by atoms with Crippen molar-refractivity contribution < 1.29 is 0 Å². The average molecular weight is 239 g/mol. The van der Waals surface area contributed by atoms with Crippen molar-refractivity contribution in [3.8, 4) is 0 Å². The van der Waals surface area contributed by atoms with Gasteiger partial charge in [0.25, 0.3) is 0 Å². The summed E-state index contributed by atoms with van der Waals surface area (Å²) in [6.45, 7) is 4.46. The molecule has 2 aromatic carbocycles. The van der Waals surface area contributed by atoms with Crippen LogP contribution >= 0.6 is 0 Å². The van der Waals surface area contributed by atoms with Gasteiger partial charge in [-0.25, -0.2) is 0 Å². The molecule has 0 saturated carbocycles. The number of benzene rings is 2. The molecule has 0 fully saturated rings. The Morgan fingerprint density at radius 1 is 0.944 bits per heavy atom. The van der Waals surface area contributed by atoms with Crippen LogP contribution in [0.1, 0.15) is 30.5 Å². The first-order chi connectivity index (χ1) is 8.65. The Labute approximate surface area is 110 Å². The zero-order valence-corrected chi connectivity index (χ0v) is 11.2. The van der Waals surface area contributed by atoms with Gasteiger partial charge in [0.15, 0.2) is 0 Å². The summed E-state index contributed by atoms with van der Waals surface area (Å²) in [5.74, 6) is 0.671. The SMILES string of the molecule is CC(C)Cc1ccc(Cc2ccccc2)c(N)c1. The lowest BCUT2D eigenvalue weighted by Gasteiger charge is -2.10. The molecule has 2 aromatic rings. The first kappa shape index (κ1) is 12.7. The Bertz CT molecular complexity index is 500. The van der Waals surface area contributed by atoms with E-state index in [2.05, 4.69) is 56.3 Å². The van der Waals surface area contributed by atoms with Gasteiger partial charge in [-0.1, -0.05) is 56.3 Å². The van der Waals surface area contributed by atoms with E-state index in [0.717, 1.165) is 18.5 Å². The van der Waals surface area contributed by atoms with E-state index in [0.29, 0.717) is 5.92 Å². The number of hydrogen-bond acceptors (Lipinski definition) is 1. The lowest BCUT2D eigenvalue weighted by Crippen LogP contribution is -2.00. The minimum atomic E-state index is 0.671. The van der Waals surface area contributed by atoms with Crippen LogP contribution in [0.15, 0.2) is 48.5 Å². The van der Waals surface area contributed by atoms with Crippen molar-refractivity contribution in [3.05, 3.63) is 65.2 Å². The quantitative estimate of drug-likeness (QED) is 0.800. The van der Waals surface area contributed by atoms with E-state index in [4.69, 9.17) is 5.73 Å². The van der Waals surface area contributed by atoms with Crippen LogP contribution in [-0.2, 0) is 12.8 Å². The molecule has 0 aliphatic heterocycles. The van der Waals surface area contributed by atoms with Crippen molar-refractivity contribution in [2.45, 2.75) is 26.7 Å².